The molecule has 1 aromatic carbocycles. The number of carbonyl (C=O) groups excluding carboxylic acids is 1. The summed E-state index contributed by atoms with van der Waals surface area (Å²) in [4.78, 5) is 14.6. The van der Waals surface area contributed by atoms with Gasteiger partial charge in [0.15, 0.2) is 12.1 Å². The molecule has 0 atom stereocenters. The highest BCUT2D eigenvalue weighted by molar-refractivity contribution is 6.31. The molecule has 1 heterocycles. The van der Waals surface area contributed by atoms with Crippen molar-refractivity contribution in [2.45, 2.75) is 6.54 Å². The minimum Gasteiger partial charge on any atom is -0.324 e. The molecule has 0 aliphatic rings. The molecule has 3 nitrogen and oxygen atoms in total. The molecule has 0 aliphatic heterocycles. The van der Waals surface area contributed by atoms with Gasteiger partial charge in [0.05, 0.1) is 6.54 Å². The van der Waals surface area contributed by atoms with Gasteiger partial charge in [0, 0.05) is 17.4 Å². The van der Waals surface area contributed by atoms with Crippen LogP contribution in [0.2, 0.25) is 5.02 Å². The Kier molecular flexibility index (Phi) is 2.83. The Morgan fingerprint density at radius 2 is 2.20 bits per heavy atom. The summed E-state index contributed by atoms with van der Waals surface area (Å²) in [5, 5.41) is 0.697. The minimum absolute atomic E-state index is 0.412. The highest BCUT2D eigenvalue weighted by Gasteiger charge is 2.04. The molecule has 0 saturated heterocycles. The van der Waals surface area contributed by atoms with Gasteiger partial charge >= 0.3 is 0 Å². The number of nitrogens with zero attached hydrogens (tertiary/aromatic N) is 2. The van der Waals surface area contributed by atoms with Gasteiger partial charge in [-0.25, -0.2) is 4.98 Å². The predicted octanol–water partition coefficient (Wildman–Crippen LogP) is 2.40. The van der Waals surface area contributed by atoms with Crippen LogP contribution in [0.25, 0.3) is 0 Å². The van der Waals surface area contributed by atoms with Gasteiger partial charge in [-0.1, -0.05) is 29.8 Å². The SMILES string of the molecule is O=Cc1nccn1Cc1ccccc1Cl. The van der Waals surface area contributed by atoms with E-state index < -0.39 is 0 Å². The summed E-state index contributed by atoms with van der Waals surface area (Å²) >= 11 is 6.01. The van der Waals surface area contributed by atoms with Gasteiger partial charge in [-0.15, -0.1) is 0 Å². The highest BCUT2D eigenvalue weighted by atomic mass is 35.5. The standard InChI is InChI=1S/C11H9ClN2O/c12-10-4-2-1-3-9(10)7-14-6-5-13-11(14)8-15/h1-6,8H,7H2. The number of aromatic nitrogens is 2. The fourth-order valence-corrected chi connectivity index (χ4v) is 1.58. The van der Waals surface area contributed by atoms with Crippen molar-refractivity contribution in [2.24, 2.45) is 0 Å². The first kappa shape index (κ1) is 9.93. The summed E-state index contributed by atoms with van der Waals surface area (Å²) in [6.07, 6.45) is 4.09. The normalized spacial score (nSPS) is 10.2. The van der Waals surface area contributed by atoms with Crippen molar-refractivity contribution in [2.75, 3.05) is 0 Å². The number of imidazole rings is 1. The van der Waals surface area contributed by atoms with Crippen LogP contribution in [0.4, 0.5) is 0 Å². The van der Waals surface area contributed by atoms with E-state index in [1.165, 1.54) is 0 Å². The second kappa shape index (κ2) is 4.28. The molecule has 0 amide bonds. The molecule has 1 aromatic heterocycles. The third-order valence-corrected chi connectivity index (χ3v) is 2.52. The van der Waals surface area contributed by atoms with E-state index in [1.807, 2.05) is 24.3 Å². The van der Waals surface area contributed by atoms with Crippen LogP contribution in [0.3, 0.4) is 0 Å². The van der Waals surface area contributed by atoms with E-state index in [9.17, 15) is 4.79 Å². The molecule has 0 radical (unpaired) electrons. The van der Waals surface area contributed by atoms with Gasteiger partial charge in [0.2, 0.25) is 0 Å². The minimum atomic E-state index is 0.412. The molecule has 0 aliphatic carbocycles. The largest absolute Gasteiger partial charge is 0.324 e. The summed E-state index contributed by atoms with van der Waals surface area (Å²) in [7, 11) is 0. The van der Waals surface area contributed by atoms with E-state index in [-0.39, 0.29) is 0 Å². The number of rotatable bonds is 3. The number of halogens is 1. The maximum atomic E-state index is 10.6. The van der Waals surface area contributed by atoms with E-state index in [1.54, 1.807) is 17.0 Å². The highest BCUT2D eigenvalue weighted by Crippen LogP contribution is 2.16. The monoisotopic (exact) mass is 220 g/mol. The Bertz CT molecular complexity index is 479. The van der Waals surface area contributed by atoms with Crippen LogP contribution in [0.5, 0.6) is 0 Å². The zero-order chi connectivity index (χ0) is 10.7. The van der Waals surface area contributed by atoms with E-state index in [0.29, 0.717) is 17.4 Å². The lowest BCUT2D eigenvalue weighted by Gasteiger charge is -2.05. The molecule has 0 saturated carbocycles. The number of aldehydes is 1. The van der Waals surface area contributed by atoms with Crippen LogP contribution >= 0.6 is 11.6 Å². The summed E-state index contributed by atoms with van der Waals surface area (Å²) in [5.74, 6) is 0.412. The van der Waals surface area contributed by atoms with Crippen LogP contribution in [0.15, 0.2) is 36.7 Å². The van der Waals surface area contributed by atoms with Gasteiger partial charge in [-0.2, -0.15) is 0 Å². The smallest absolute Gasteiger partial charge is 0.185 e. The zero-order valence-corrected chi connectivity index (χ0v) is 8.69. The van der Waals surface area contributed by atoms with Crippen molar-refractivity contribution < 1.29 is 4.79 Å². The molecular weight excluding hydrogens is 212 g/mol. The number of hydrogen-bond acceptors (Lipinski definition) is 2. The summed E-state index contributed by atoms with van der Waals surface area (Å²) in [5.41, 5.74) is 0.972. The van der Waals surface area contributed by atoms with Gasteiger partial charge < -0.3 is 4.57 Å². The maximum absolute atomic E-state index is 10.6. The first-order chi connectivity index (χ1) is 7.31. The quantitative estimate of drug-likeness (QED) is 0.745. The zero-order valence-electron chi connectivity index (χ0n) is 7.93. The van der Waals surface area contributed by atoms with Crippen molar-refractivity contribution in [1.82, 2.24) is 9.55 Å². The van der Waals surface area contributed by atoms with Gasteiger partial charge in [0.25, 0.3) is 0 Å². The van der Waals surface area contributed by atoms with E-state index >= 15 is 0 Å². The molecule has 2 rings (SSSR count). The Balaban J connectivity index is 2.29. The molecule has 0 spiro atoms. The van der Waals surface area contributed by atoms with Crippen molar-refractivity contribution in [3.8, 4) is 0 Å². The number of carbonyl (C=O) groups is 1. The molecule has 4 heteroatoms. The summed E-state index contributed by atoms with van der Waals surface area (Å²) in [6.45, 7) is 0.563. The molecular formula is C11H9ClN2O. The van der Waals surface area contributed by atoms with Crippen molar-refractivity contribution >= 4 is 17.9 Å². The van der Waals surface area contributed by atoms with Crippen LogP contribution in [0, 0.1) is 0 Å². The Morgan fingerprint density at radius 3 is 2.93 bits per heavy atom. The average Bonchev–Trinajstić information content (AvgIpc) is 2.69. The molecule has 76 valence electrons. The van der Waals surface area contributed by atoms with Gasteiger partial charge in [0.1, 0.15) is 0 Å². The third-order valence-electron chi connectivity index (χ3n) is 2.15. The maximum Gasteiger partial charge on any atom is 0.185 e. The van der Waals surface area contributed by atoms with E-state index in [4.69, 9.17) is 11.6 Å². The predicted molar refractivity (Wildman–Crippen MR) is 58.2 cm³/mol. The summed E-state index contributed by atoms with van der Waals surface area (Å²) < 4.78 is 1.76. The second-order valence-corrected chi connectivity index (χ2v) is 3.53. The van der Waals surface area contributed by atoms with Crippen LogP contribution < -0.4 is 0 Å². The third kappa shape index (κ3) is 2.07. The van der Waals surface area contributed by atoms with Crippen LogP contribution in [-0.2, 0) is 6.54 Å². The first-order valence-corrected chi connectivity index (χ1v) is 4.89. The van der Waals surface area contributed by atoms with Crippen LogP contribution in [0.1, 0.15) is 16.2 Å². The first-order valence-electron chi connectivity index (χ1n) is 4.51. The van der Waals surface area contributed by atoms with E-state index in [0.717, 1.165) is 11.8 Å². The number of hydrogen-bond donors (Lipinski definition) is 0. The van der Waals surface area contributed by atoms with Crippen LogP contribution in [-0.4, -0.2) is 15.8 Å². The Labute approximate surface area is 92.3 Å². The molecule has 0 fully saturated rings. The Hall–Kier alpha value is -1.61. The fourth-order valence-electron chi connectivity index (χ4n) is 1.38. The van der Waals surface area contributed by atoms with Crippen molar-refractivity contribution in [3.05, 3.63) is 53.1 Å². The lowest BCUT2D eigenvalue weighted by Crippen LogP contribution is -2.03. The lowest BCUT2D eigenvalue weighted by atomic mass is 10.2. The molecule has 0 unspecified atom stereocenters. The fraction of sp³-hybridized carbons (Fsp3) is 0.0909. The van der Waals surface area contributed by atoms with Gasteiger partial charge in [-0.3, -0.25) is 4.79 Å². The second-order valence-electron chi connectivity index (χ2n) is 3.12. The molecule has 0 N–H and O–H groups in total. The average molecular weight is 221 g/mol. The molecule has 2 aromatic rings. The Morgan fingerprint density at radius 1 is 1.40 bits per heavy atom. The lowest BCUT2D eigenvalue weighted by molar-refractivity contribution is 0.111. The van der Waals surface area contributed by atoms with Crippen molar-refractivity contribution in [3.63, 3.8) is 0 Å². The topological polar surface area (TPSA) is 34.9 Å². The molecule has 15 heavy (non-hydrogen) atoms. The van der Waals surface area contributed by atoms with E-state index in [2.05, 4.69) is 4.98 Å². The summed E-state index contributed by atoms with van der Waals surface area (Å²) in [6, 6.07) is 7.55. The number of benzene rings is 1. The molecule has 0 bridgehead atoms. The van der Waals surface area contributed by atoms with Gasteiger partial charge in [-0.05, 0) is 11.6 Å². The van der Waals surface area contributed by atoms with Crippen molar-refractivity contribution in [1.29, 1.82) is 0 Å².